The molecule has 176 valence electrons. The van der Waals surface area contributed by atoms with E-state index in [9.17, 15) is 12.8 Å². The van der Waals surface area contributed by atoms with E-state index < -0.39 is 15.8 Å². The molecule has 0 radical (unpaired) electrons. The molecule has 0 amide bonds. The lowest BCUT2D eigenvalue weighted by atomic mass is 9.92. The number of aromatic nitrogens is 3. The van der Waals surface area contributed by atoms with E-state index >= 15 is 0 Å². The van der Waals surface area contributed by atoms with Gasteiger partial charge in [-0.15, -0.1) is 0 Å². The van der Waals surface area contributed by atoms with Crippen LogP contribution in [0, 0.1) is 12.7 Å². The van der Waals surface area contributed by atoms with Crippen molar-refractivity contribution in [3.8, 4) is 11.3 Å². The highest BCUT2D eigenvalue weighted by molar-refractivity contribution is 7.92. The van der Waals surface area contributed by atoms with Gasteiger partial charge in [0.15, 0.2) is 0 Å². The average molecular weight is 473 g/mol. The summed E-state index contributed by atoms with van der Waals surface area (Å²) in [6.45, 7) is 3.68. The molecule has 2 heterocycles. The van der Waals surface area contributed by atoms with Gasteiger partial charge in [0.2, 0.25) is 16.0 Å². The fraction of sp³-hybridized carbons (Fsp3) is 0.435. The number of aryl methyl sites for hydroxylation is 1. The minimum Gasteiger partial charge on any atom is -0.351 e. The van der Waals surface area contributed by atoms with Crippen LogP contribution < -0.4 is 15.8 Å². The Morgan fingerprint density at radius 3 is 2.61 bits per heavy atom. The van der Waals surface area contributed by atoms with Crippen LogP contribution in [0.4, 0.5) is 16.0 Å². The second-order valence-corrected chi connectivity index (χ2v) is 10.5. The van der Waals surface area contributed by atoms with Gasteiger partial charge in [0, 0.05) is 17.6 Å². The van der Waals surface area contributed by atoms with Gasteiger partial charge in [0.1, 0.15) is 11.3 Å². The molecule has 2 aromatic heterocycles. The first kappa shape index (κ1) is 23.3. The Kier molecular flexibility index (Phi) is 6.76. The van der Waals surface area contributed by atoms with Crippen molar-refractivity contribution in [2.45, 2.75) is 58.0 Å². The van der Waals surface area contributed by atoms with Crippen LogP contribution in [0.2, 0.25) is 0 Å². The van der Waals surface area contributed by atoms with Crippen LogP contribution in [0.25, 0.3) is 22.3 Å². The topological polar surface area (TPSA) is 123 Å². The van der Waals surface area contributed by atoms with Crippen LogP contribution in [0.1, 0.15) is 44.6 Å². The third kappa shape index (κ3) is 5.56. The molecule has 1 fully saturated rings. The summed E-state index contributed by atoms with van der Waals surface area (Å²) in [5, 5.41) is 3.40. The molecule has 8 nitrogen and oxygen atoms in total. The van der Waals surface area contributed by atoms with E-state index in [-0.39, 0.29) is 17.5 Å². The zero-order valence-corrected chi connectivity index (χ0v) is 19.6. The zero-order chi connectivity index (χ0) is 23.6. The number of sulfonamides is 1. The van der Waals surface area contributed by atoms with Crippen LogP contribution in [0.15, 0.2) is 30.5 Å². The maximum absolute atomic E-state index is 14.6. The Labute approximate surface area is 193 Å². The van der Waals surface area contributed by atoms with Gasteiger partial charge >= 0.3 is 0 Å². The minimum atomic E-state index is -3.57. The summed E-state index contributed by atoms with van der Waals surface area (Å²) >= 11 is 0. The third-order valence-electron chi connectivity index (χ3n) is 5.85. The molecule has 4 N–H and O–H groups in total. The highest BCUT2D eigenvalue weighted by Gasteiger charge is 2.19. The van der Waals surface area contributed by atoms with E-state index in [4.69, 9.17) is 5.73 Å². The first-order valence-corrected chi connectivity index (χ1v) is 12.9. The van der Waals surface area contributed by atoms with Crippen molar-refractivity contribution in [2.24, 2.45) is 5.73 Å². The van der Waals surface area contributed by atoms with E-state index in [2.05, 4.69) is 25.0 Å². The Hall–Kier alpha value is -2.85. The third-order valence-corrected chi connectivity index (χ3v) is 7.32. The molecule has 10 heteroatoms. The Morgan fingerprint density at radius 2 is 1.91 bits per heavy atom. The van der Waals surface area contributed by atoms with Gasteiger partial charge in [-0.1, -0.05) is 13.0 Å². The molecule has 33 heavy (non-hydrogen) atoms. The van der Waals surface area contributed by atoms with Crippen LogP contribution in [0.5, 0.6) is 0 Å². The summed E-state index contributed by atoms with van der Waals surface area (Å²) < 4.78 is 40.8. The van der Waals surface area contributed by atoms with Crippen molar-refractivity contribution >= 4 is 32.7 Å². The predicted octanol–water partition coefficient (Wildman–Crippen LogP) is 3.97. The summed E-state index contributed by atoms with van der Waals surface area (Å²) in [4.78, 5) is 13.7. The molecule has 1 aliphatic carbocycles. The van der Waals surface area contributed by atoms with Gasteiger partial charge in [-0.2, -0.15) is 0 Å². The molecule has 0 atom stereocenters. The number of nitrogens with two attached hydrogens (primary N) is 1. The number of anilines is 2. The second-order valence-electron chi connectivity index (χ2n) is 8.62. The first-order valence-electron chi connectivity index (χ1n) is 11.2. The molecule has 0 aliphatic heterocycles. The van der Waals surface area contributed by atoms with E-state index in [0.29, 0.717) is 35.2 Å². The van der Waals surface area contributed by atoms with Gasteiger partial charge in [-0.05, 0) is 62.8 Å². The van der Waals surface area contributed by atoms with E-state index in [1.165, 1.54) is 12.1 Å². The van der Waals surface area contributed by atoms with Gasteiger partial charge < -0.3 is 11.1 Å². The molecular weight excluding hydrogens is 443 g/mol. The Balaban J connectivity index is 1.57. The predicted molar refractivity (Wildman–Crippen MR) is 129 cm³/mol. The highest BCUT2D eigenvalue weighted by Crippen LogP contribution is 2.28. The smallest absolute Gasteiger partial charge is 0.232 e. The molecule has 1 aliphatic rings. The van der Waals surface area contributed by atoms with Gasteiger partial charge in [-0.25, -0.2) is 27.8 Å². The summed E-state index contributed by atoms with van der Waals surface area (Å²) in [5.41, 5.74) is 9.23. The monoisotopic (exact) mass is 472 g/mol. The van der Waals surface area contributed by atoms with Crippen molar-refractivity contribution in [3.05, 3.63) is 41.8 Å². The summed E-state index contributed by atoms with van der Waals surface area (Å²) in [6.07, 6.45) is 6.09. The van der Waals surface area contributed by atoms with Gasteiger partial charge in [-0.3, -0.25) is 4.72 Å². The molecule has 4 rings (SSSR count). The summed E-state index contributed by atoms with van der Waals surface area (Å²) in [5.74, 6) is -0.157. The number of hydrogen-bond donors (Lipinski definition) is 3. The number of pyridine rings is 1. The summed E-state index contributed by atoms with van der Waals surface area (Å²) in [6, 6.07) is 6.77. The number of nitrogens with zero attached hydrogens (tertiary/aromatic N) is 3. The zero-order valence-electron chi connectivity index (χ0n) is 18.8. The van der Waals surface area contributed by atoms with Crippen LogP contribution in [-0.4, -0.2) is 41.2 Å². The molecule has 1 aromatic carbocycles. The minimum absolute atomic E-state index is 0.0647. The van der Waals surface area contributed by atoms with Crippen LogP contribution in [-0.2, 0) is 10.0 Å². The molecule has 1 saturated carbocycles. The largest absolute Gasteiger partial charge is 0.351 e. The van der Waals surface area contributed by atoms with Crippen molar-refractivity contribution < 1.29 is 12.8 Å². The number of nitrogens with one attached hydrogen (secondary N) is 2. The number of fused-ring (bicyclic) bond motifs is 1. The quantitative estimate of drug-likeness (QED) is 0.475. The Bertz CT molecular complexity index is 1260. The van der Waals surface area contributed by atoms with Crippen molar-refractivity contribution in [3.63, 3.8) is 0 Å². The van der Waals surface area contributed by atoms with Crippen LogP contribution in [0.3, 0.4) is 0 Å². The lowest BCUT2D eigenvalue weighted by Crippen LogP contribution is -2.33. The van der Waals surface area contributed by atoms with E-state index in [0.717, 1.165) is 36.8 Å². The number of halogens is 1. The SMILES string of the molecule is CCCS(=O)(=O)Nc1ccc(-c2cc(C)c3nc(NC4CCC(N)CC4)ncc3n2)cc1F. The van der Waals surface area contributed by atoms with Crippen molar-refractivity contribution in [2.75, 3.05) is 15.8 Å². The lowest BCUT2D eigenvalue weighted by Gasteiger charge is -2.26. The maximum atomic E-state index is 14.6. The first-order chi connectivity index (χ1) is 15.7. The average Bonchev–Trinajstić information content (AvgIpc) is 2.77. The molecular formula is C23H29FN6O2S. The highest BCUT2D eigenvalue weighted by atomic mass is 32.2. The fourth-order valence-corrected chi connectivity index (χ4v) is 5.23. The molecule has 0 bridgehead atoms. The number of rotatable bonds is 7. The number of benzene rings is 1. The van der Waals surface area contributed by atoms with Crippen molar-refractivity contribution in [1.29, 1.82) is 0 Å². The molecule has 0 saturated heterocycles. The second kappa shape index (κ2) is 9.56. The molecule has 3 aromatic rings. The summed E-state index contributed by atoms with van der Waals surface area (Å²) in [7, 11) is -3.57. The van der Waals surface area contributed by atoms with E-state index in [1.807, 2.05) is 13.0 Å². The Morgan fingerprint density at radius 1 is 1.15 bits per heavy atom. The van der Waals surface area contributed by atoms with Crippen molar-refractivity contribution in [1.82, 2.24) is 15.0 Å². The maximum Gasteiger partial charge on any atom is 0.232 e. The molecule has 0 unspecified atom stereocenters. The van der Waals surface area contributed by atoms with Crippen LogP contribution >= 0.6 is 0 Å². The van der Waals surface area contributed by atoms with E-state index in [1.54, 1.807) is 19.2 Å². The number of hydrogen-bond acceptors (Lipinski definition) is 7. The van der Waals surface area contributed by atoms with Gasteiger partial charge in [0.25, 0.3) is 0 Å². The van der Waals surface area contributed by atoms with Gasteiger partial charge in [0.05, 0.1) is 28.8 Å². The normalized spacial score (nSPS) is 18.9. The standard InChI is InChI=1S/C23H29FN6O2S/c1-3-10-33(31,32)30-19-9-4-15(12-18(19)24)20-11-14(2)22-21(28-20)13-26-23(29-22)27-17-7-5-16(25)6-8-17/h4,9,11-13,16-17,30H,3,5-8,10,25H2,1-2H3,(H,26,27,29). The fourth-order valence-electron chi connectivity index (χ4n) is 4.09. The molecule has 0 spiro atoms. The lowest BCUT2D eigenvalue weighted by molar-refractivity contribution is 0.410.